The first-order valence-corrected chi connectivity index (χ1v) is 9.25. The first-order valence-electron chi connectivity index (χ1n) is 9.25. The summed E-state index contributed by atoms with van der Waals surface area (Å²) in [6.45, 7) is 4.90. The van der Waals surface area contributed by atoms with Gasteiger partial charge in [-0.3, -0.25) is 9.69 Å². The van der Waals surface area contributed by atoms with E-state index in [1.54, 1.807) is 6.07 Å². The number of methoxy groups -OCH3 is 1. The van der Waals surface area contributed by atoms with Crippen LogP contribution < -0.4 is 10.5 Å². The highest BCUT2D eigenvalue weighted by molar-refractivity contribution is 5.85. The molecule has 2 N–H and O–H groups in total. The molecule has 0 radical (unpaired) electrons. The number of nitrogens with two attached hydrogens (primary N) is 1. The van der Waals surface area contributed by atoms with Crippen LogP contribution in [0.5, 0.6) is 5.75 Å². The Balaban J connectivity index is 0.00000196. The van der Waals surface area contributed by atoms with Crippen molar-refractivity contribution in [2.75, 3.05) is 46.5 Å². The van der Waals surface area contributed by atoms with Crippen LogP contribution in [0, 0.1) is 11.7 Å². The fourth-order valence-electron chi connectivity index (χ4n) is 3.68. The summed E-state index contributed by atoms with van der Waals surface area (Å²) in [5, 5.41) is 0. The molecule has 1 aromatic carbocycles. The molecule has 0 spiro atoms. The largest absolute Gasteiger partial charge is 0.494 e. The van der Waals surface area contributed by atoms with Crippen LogP contribution in [0.2, 0.25) is 0 Å². The first kappa shape index (κ1) is 24.9. The van der Waals surface area contributed by atoms with Gasteiger partial charge in [0, 0.05) is 45.9 Å². The standard InChI is InChI=1S/C19H28FN3O3.2ClH/c1-25-17-3-2-14(12-16(17)20)13-22-6-8-23(9-7-22)19(24)18(21)15-4-10-26-11-5-15;;/h2-3,12,15,18H,4-11,13,21H2,1H3;2*1H. The van der Waals surface area contributed by atoms with E-state index in [-0.39, 0.29) is 48.2 Å². The van der Waals surface area contributed by atoms with Gasteiger partial charge in [0.05, 0.1) is 13.2 Å². The molecule has 2 fully saturated rings. The number of halogens is 3. The number of carbonyl (C=O) groups is 1. The predicted octanol–water partition coefficient (Wildman–Crippen LogP) is 2.08. The predicted molar refractivity (Wildman–Crippen MR) is 111 cm³/mol. The highest BCUT2D eigenvalue weighted by atomic mass is 35.5. The summed E-state index contributed by atoms with van der Waals surface area (Å²) in [6.07, 6.45) is 1.71. The van der Waals surface area contributed by atoms with Gasteiger partial charge in [-0.2, -0.15) is 0 Å². The van der Waals surface area contributed by atoms with E-state index in [1.807, 2.05) is 11.0 Å². The number of amides is 1. The summed E-state index contributed by atoms with van der Waals surface area (Å²) in [6, 6.07) is 4.61. The van der Waals surface area contributed by atoms with Crippen LogP contribution in [0.4, 0.5) is 4.39 Å². The van der Waals surface area contributed by atoms with Crippen molar-refractivity contribution < 1.29 is 18.7 Å². The Hall–Kier alpha value is -1.12. The van der Waals surface area contributed by atoms with Crippen LogP contribution in [0.15, 0.2) is 18.2 Å². The number of rotatable bonds is 5. The molecule has 1 amide bonds. The van der Waals surface area contributed by atoms with Gasteiger partial charge >= 0.3 is 0 Å². The van der Waals surface area contributed by atoms with Gasteiger partial charge in [0.25, 0.3) is 0 Å². The number of carbonyl (C=O) groups excluding carboxylic acids is 1. The lowest BCUT2D eigenvalue weighted by Gasteiger charge is -2.37. The van der Waals surface area contributed by atoms with E-state index < -0.39 is 6.04 Å². The number of hydrogen-bond acceptors (Lipinski definition) is 5. The second-order valence-electron chi connectivity index (χ2n) is 7.05. The Morgan fingerprint density at radius 2 is 1.89 bits per heavy atom. The minimum Gasteiger partial charge on any atom is -0.494 e. The Morgan fingerprint density at radius 3 is 2.46 bits per heavy atom. The van der Waals surface area contributed by atoms with E-state index in [1.165, 1.54) is 13.2 Å². The van der Waals surface area contributed by atoms with Gasteiger partial charge in [0.1, 0.15) is 0 Å². The molecule has 1 unspecified atom stereocenters. The van der Waals surface area contributed by atoms with Gasteiger partial charge in [0.2, 0.25) is 5.91 Å². The van der Waals surface area contributed by atoms with E-state index in [0.29, 0.717) is 32.8 Å². The monoisotopic (exact) mass is 437 g/mol. The molecule has 3 rings (SSSR count). The van der Waals surface area contributed by atoms with Crippen LogP contribution >= 0.6 is 24.8 Å². The van der Waals surface area contributed by atoms with Crippen LogP contribution in [-0.4, -0.2) is 68.3 Å². The maximum Gasteiger partial charge on any atom is 0.239 e. The van der Waals surface area contributed by atoms with E-state index in [4.69, 9.17) is 15.2 Å². The van der Waals surface area contributed by atoms with Gasteiger partial charge in [-0.05, 0) is 36.5 Å². The van der Waals surface area contributed by atoms with E-state index in [2.05, 4.69) is 4.90 Å². The molecular formula is C19H30Cl2FN3O3. The fraction of sp³-hybridized carbons (Fsp3) is 0.632. The lowest BCUT2D eigenvalue weighted by molar-refractivity contribution is -0.136. The second-order valence-corrected chi connectivity index (χ2v) is 7.05. The van der Waals surface area contributed by atoms with E-state index in [0.717, 1.165) is 31.5 Å². The van der Waals surface area contributed by atoms with Gasteiger partial charge < -0.3 is 20.1 Å². The first-order chi connectivity index (χ1) is 12.6. The fourth-order valence-corrected chi connectivity index (χ4v) is 3.68. The third kappa shape index (κ3) is 6.19. The number of benzene rings is 1. The summed E-state index contributed by atoms with van der Waals surface area (Å²) in [5.41, 5.74) is 7.12. The maximum absolute atomic E-state index is 13.8. The molecule has 28 heavy (non-hydrogen) atoms. The van der Waals surface area contributed by atoms with Crippen LogP contribution in [0.25, 0.3) is 0 Å². The van der Waals surface area contributed by atoms with Crippen LogP contribution in [0.1, 0.15) is 18.4 Å². The molecule has 0 aliphatic carbocycles. The van der Waals surface area contributed by atoms with Crippen molar-refractivity contribution in [3.63, 3.8) is 0 Å². The number of piperazine rings is 1. The smallest absolute Gasteiger partial charge is 0.239 e. The van der Waals surface area contributed by atoms with E-state index in [9.17, 15) is 9.18 Å². The van der Waals surface area contributed by atoms with Crippen molar-refractivity contribution in [1.29, 1.82) is 0 Å². The zero-order valence-corrected chi connectivity index (χ0v) is 17.8. The minimum absolute atomic E-state index is 0. The Morgan fingerprint density at radius 1 is 1.25 bits per heavy atom. The molecule has 2 aliphatic heterocycles. The zero-order chi connectivity index (χ0) is 18.5. The summed E-state index contributed by atoms with van der Waals surface area (Å²) in [5.74, 6) is 0.177. The Labute approximate surface area is 178 Å². The molecular weight excluding hydrogens is 408 g/mol. The van der Waals surface area contributed by atoms with E-state index >= 15 is 0 Å². The van der Waals surface area contributed by atoms with Crippen molar-refractivity contribution in [1.82, 2.24) is 9.80 Å². The third-order valence-electron chi connectivity index (χ3n) is 5.37. The van der Waals surface area contributed by atoms with Crippen molar-refractivity contribution >= 4 is 30.7 Å². The lowest BCUT2D eigenvalue weighted by atomic mass is 9.91. The molecule has 0 aromatic heterocycles. The topological polar surface area (TPSA) is 68.0 Å². The highest BCUT2D eigenvalue weighted by Crippen LogP contribution is 2.21. The Bertz CT molecular complexity index is 624. The summed E-state index contributed by atoms with van der Waals surface area (Å²) >= 11 is 0. The number of ether oxygens (including phenoxy) is 2. The molecule has 2 aliphatic rings. The molecule has 2 saturated heterocycles. The molecule has 6 nitrogen and oxygen atoms in total. The average Bonchev–Trinajstić information content (AvgIpc) is 2.68. The lowest BCUT2D eigenvalue weighted by Crippen LogP contribution is -2.55. The quantitative estimate of drug-likeness (QED) is 0.763. The molecule has 1 aromatic rings. The molecule has 2 heterocycles. The van der Waals surface area contributed by atoms with Gasteiger partial charge in [-0.15, -0.1) is 24.8 Å². The molecule has 0 bridgehead atoms. The normalized spacial score (nSPS) is 19.3. The molecule has 1 atom stereocenters. The van der Waals surface area contributed by atoms with Crippen molar-refractivity contribution in [2.24, 2.45) is 11.7 Å². The molecule has 0 saturated carbocycles. The third-order valence-corrected chi connectivity index (χ3v) is 5.37. The van der Waals surface area contributed by atoms with Crippen molar-refractivity contribution in [3.8, 4) is 5.75 Å². The average molecular weight is 438 g/mol. The minimum atomic E-state index is -0.430. The number of nitrogens with zero attached hydrogens (tertiary/aromatic N) is 2. The van der Waals surface area contributed by atoms with Crippen molar-refractivity contribution in [2.45, 2.75) is 25.4 Å². The molecule has 9 heteroatoms. The SMILES string of the molecule is COc1ccc(CN2CCN(C(=O)C(N)C3CCOCC3)CC2)cc1F.Cl.Cl. The second kappa shape index (κ2) is 11.8. The van der Waals surface area contributed by atoms with Crippen LogP contribution in [-0.2, 0) is 16.1 Å². The highest BCUT2D eigenvalue weighted by Gasteiger charge is 2.31. The maximum atomic E-state index is 13.8. The van der Waals surface area contributed by atoms with Gasteiger partial charge in [-0.25, -0.2) is 4.39 Å². The van der Waals surface area contributed by atoms with Gasteiger partial charge in [0.15, 0.2) is 11.6 Å². The molecule has 160 valence electrons. The number of hydrogen-bond donors (Lipinski definition) is 1. The summed E-state index contributed by atoms with van der Waals surface area (Å²) in [7, 11) is 1.46. The van der Waals surface area contributed by atoms with Gasteiger partial charge in [-0.1, -0.05) is 6.07 Å². The summed E-state index contributed by atoms with van der Waals surface area (Å²) in [4.78, 5) is 16.7. The van der Waals surface area contributed by atoms with Crippen molar-refractivity contribution in [3.05, 3.63) is 29.6 Å². The summed E-state index contributed by atoms with van der Waals surface area (Å²) < 4.78 is 24.1. The van der Waals surface area contributed by atoms with Crippen LogP contribution in [0.3, 0.4) is 0 Å². The zero-order valence-electron chi connectivity index (χ0n) is 16.1. The Kier molecular flexibility index (Phi) is 10.5.